The molecular formula is C21H30N2. The van der Waals surface area contributed by atoms with Gasteiger partial charge in [0.25, 0.3) is 0 Å². The SMILES string of the molecule is CCC(C)c1ccc(C(N)(N)c2ccc(C(C)CC)cc2)cc1. The van der Waals surface area contributed by atoms with Gasteiger partial charge in [-0.05, 0) is 46.9 Å². The third kappa shape index (κ3) is 3.82. The first-order chi connectivity index (χ1) is 10.9. The maximum absolute atomic E-state index is 6.45. The predicted molar refractivity (Wildman–Crippen MR) is 99.5 cm³/mol. The minimum Gasteiger partial charge on any atom is -0.306 e. The van der Waals surface area contributed by atoms with E-state index in [1.165, 1.54) is 11.1 Å². The summed E-state index contributed by atoms with van der Waals surface area (Å²) in [5, 5.41) is 0. The molecule has 2 rings (SSSR count). The fourth-order valence-corrected chi connectivity index (χ4v) is 2.81. The summed E-state index contributed by atoms with van der Waals surface area (Å²) in [6.45, 7) is 8.88. The van der Waals surface area contributed by atoms with Crippen molar-refractivity contribution in [3.63, 3.8) is 0 Å². The standard InChI is InChI=1S/C21H30N2/c1-5-15(3)17-7-11-19(12-8-17)21(22,23)20-13-9-18(10-14-20)16(4)6-2/h7-16H,5-6,22-23H2,1-4H3. The molecule has 0 radical (unpaired) electrons. The third-order valence-corrected chi connectivity index (χ3v) is 5.14. The van der Waals surface area contributed by atoms with Crippen molar-refractivity contribution < 1.29 is 0 Å². The van der Waals surface area contributed by atoms with E-state index in [2.05, 4.69) is 76.2 Å². The lowest BCUT2D eigenvalue weighted by Crippen LogP contribution is -2.47. The lowest BCUT2D eigenvalue weighted by molar-refractivity contribution is 0.566. The molecule has 2 nitrogen and oxygen atoms in total. The molecule has 0 aromatic heterocycles. The van der Waals surface area contributed by atoms with E-state index in [9.17, 15) is 0 Å². The van der Waals surface area contributed by atoms with E-state index in [1.54, 1.807) is 0 Å². The Morgan fingerprint density at radius 1 is 0.696 bits per heavy atom. The molecule has 0 bridgehead atoms. The van der Waals surface area contributed by atoms with Gasteiger partial charge in [0.15, 0.2) is 0 Å². The molecule has 2 heteroatoms. The number of hydrogen-bond donors (Lipinski definition) is 2. The van der Waals surface area contributed by atoms with Crippen LogP contribution in [0.5, 0.6) is 0 Å². The summed E-state index contributed by atoms with van der Waals surface area (Å²) in [5.74, 6) is 1.12. The highest BCUT2D eigenvalue weighted by molar-refractivity contribution is 5.39. The van der Waals surface area contributed by atoms with E-state index in [1.807, 2.05) is 0 Å². The monoisotopic (exact) mass is 310 g/mol. The van der Waals surface area contributed by atoms with Gasteiger partial charge in [-0.2, -0.15) is 0 Å². The number of rotatable bonds is 6. The van der Waals surface area contributed by atoms with Crippen LogP contribution in [0.2, 0.25) is 0 Å². The Kier molecular flexibility index (Phi) is 5.61. The highest BCUT2D eigenvalue weighted by Gasteiger charge is 2.24. The second-order valence-corrected chi connectivity index (χ2v) is 6.73. The van der Waals surface area contributed by atoms with Crippen molar-refractivity contribution in [2.45, 2.75) is 58.0 Å². The summed E-state index contributed by atoms with van der Waals surface area (Å²) in [6.07, 6.45) is 2.26. The minimum absolute atomic E-state index is 0.559. The molecule has 0 aliphatic carbocycles. The molecule has 4 N–H and O–H groups in total. The highest BCUT2D eigenvalue weighted by Crippen LogP contribution is 2.27. The van der Waals surface area contributed by atoms with Gasteiger partial charge in [-0.15, -0.1) is 0 Å². The Balaban J connectivity index is 2.26. The Morgan fingerprint density at radius 3 is 1.26 bits per heavy atom. The first kappa shape index (κ1) is 17.7. The van der Waals surface area contributed by atoms with Crippen LogP contribution < -0.4 is 11.5 Å². The van der Waals surface area contributed by atoms with Crippen LogP contribution in [0.3, 0.4) is 0 Å². The summed E-state index contributed by atoms with van der Waals surface area (Å²) in [5.41, 5.74) is 16.5. The van der Waals surface area contributed by atoms with E-state index in [0.29, 0.717) is 11.8 Å². The van der Waals surface area contributed by atoms with Crippen LogP contribution in [0.15, 0.2) is 48.5 Å². The quantitative estimate of drug-likeness (QED) is 0.751. The van der Waals surface area contributed by atoms with Crippen molar-refractivity contribution in [3.8, 4) is 0 Å². The van der Waals surface area contributed by atoms with Crippen LogP contribution in [0.25, 0.3) is 0 Å². The minimum atomic E-state index is -0.956. The zero-order valence-electron chi connectivity index (χ0n) is 14.8. The lowest BCUT2D eigenvalue weighted by atomic mass is 9.88. The molecule has 124 valence electrons. The lowest BCUT2D eigenvalue weighted by Gasteiger charge is -2.27. The second kappa shape index (κ2) is 7.29. The summed E-state index contributed by atoms with van der Waals surface area (Å²) < 4.78 is 0. The number of nitrogens with two attached hydrogens (primary N) is 2. The van der Waals surface area contributed by atoms with Gasteiger partial charge in [0.2, 0.25) is 0 Å². The summed E-state index contributed by atoms with van der Waals surface area (Å²) in [4.78, 5) is 0. The zero-order chi connectivity index (χ0) is 17.0. The van der Waals surface area contributed by atoms with Gasteiger partial charge < -0.3 is 11.5 Å². The normalized spacial score (nSPS) is 14.5. The summed E-state index contributed by atoms with van der Waals surface area (Å²) in [6, 6.07) is 16.8. The maximum Gasteiger partial charge on any atom is 0.116 e. The molecule has 2 aromatic carbocycles. The van der Waals surface area contributed by atoms with Crippen LogP contribution >= 0.6 is 0 Å². The van der Waals surface area contributed by atoms with Gasteiger partial charge in [0.1, 0.15) is 5.66 Å². The van der Waals surface area contributed by atoms with Gasteiger partial charge in [0, 0.05) is 0 Å². The first-order valence-corrected chi connectivity index (χ1v) is 8.68. The molecule has 0 heterocycles. The molecule has 0 amide bonds. The van der Waals surface area contributed by atoms with Gasteiger partial charge in [-0.1, -0.05) is 76.2 Å². The Bertz CT molecular complexity index is 556. The van der Waals surface area contributed by atoms with Crippen molar-refractivity contribution in [1.82, 2.24) is 0 Å². The van der Waals surface area contributed by atoms with E-state index in [4.69, 9.17) is 11.5 Å². The topological polar surface area (TPSA) is 52.0 Å². The van der Waals surface area contributed by atoms with Crippen LogP contribution in [0.4, 0.5) is 0 Å². The molecule has 23 heavy (non-hydrogen) atoms. The molecule has 2 unspecified atom stereocenters. The molecule has 0 saturated carbocycles. The van der Waals surface area contributed by atoms with Gasteiger partial charge in [0.05, 0.1) is 0 Å². The number of hydrogen-bond acceptors (Lipinski definition) is 2. The average Bonchev–Trinajstić information content (AvgIpc) is 2.60. The molecule has 0 fully saturated rings. The van der Waals surface area contributed by atoms with E-state index < -0.39 is 5.66 Å². The maximum atomic E-state index is 6.45. The van der Waals surface area contributed by atoms with E-state index in [0.717, 1.165) is 24.0 Å². The van der Waals surface area contributed by atoms with Gasteiger partial charge in [-0.3, -0.25) is 0 Å². The predicted octanol–water partition coefficient (Wildman–Crippen LogP) is 4.83. The molecule has 0 aliphatic rings. The fraction of sp³-hybridized carbons (Fsp3) is 0.429. The van der Waals surface area contributed by atoms with Crippen molar-refractivity contribution in [2.24, 2.45) is 11.5 Å². The average molecular weight is 310 g/mol. The smallest absolute Gasteiger partial charge is 0.116 e. The molecule has 2 atom stereocenters. The van der Waals surface area contributed by atoms with E-state index >= 15 is 0 Å². The largest absolute Gasteiger partial charge is 0.306 e. The molecule has 0 aliphatic heterocycles. The molecular weight excluding hydrogens is 280 g/mol. The van der Waals surface area contributed by atoms with Crippen molar-refractivity contribution in [3.05, 3.63) is 70.8 Å². The highest BCUT2D eigenvalue weighted by atomic mass is 15.0. The van der Waals surface area contributed by atoms with Crippen molar-refractivity contribution in [2.75, 3.05) is 0 Å². The van der Waals surface area contributed by atoms with Crippen LogP contribution in [-0.4, -0.2) is 0 Å². The first-order valence-electron chi connectivity index (χ1n) is 8.68. The molecule has 2 aromatic rings. The van der Waals surface area contributed by atoms with Crippen LogP contribution in [0, 0.1) is 0 Å². The van der Waals surface area contributed by atoms with Gasteiger partial charge in [-0.25, -0.2) is 0 Å². The summed E-state index contributed by atoms with van der Waals surface area (Å²) in [7, 11) is 0. The fourth-order valence-electron chi connectivity index (χ4n) is 2.81. The second-order valence-electron chi connectivity index (χ2n) is 6.73. The summed E-state index contributed by atoms with van der Waals surface area (Å²) >= 11 is 0. The molecule has 0 saturated heterocycles. The Morgan fingerprint density at radius 2 is 1.00 bits per heavy atom. The van der Waals surface area contributed by atoms with Crippen molar-refractivity contribution >= 4 is 0 Å². The van der Waals surface area contributed by atoms with Gasteiger partial charge >= 0.3 is 0 Å². The third-order valence-electron chi connectivity index (χ3n) is 5.14. The zero-order valence-corrected chi connectivity index (χ0v) is 14.8. The van der Waals surface area contributed by atoms with Crippen LogP contribution in [-0.2, 0) is 5.66 Å². The van der Waals surface area contributed by atoms with Crippen LogP contribution in [0.1, 0.15) is 74.6 Å². The Hall–Kier alpha value is -1.64. The Labute approximate surface area is 140 Å². The number of benzene rings is 2. The van der Waals surface area contributed by atoms with Crippen molar-refractivity contribution in [1.29, 1.82) is 0 Å². The van der Waals surface area contributed by atoms with E-state index in [-0.39, 0.29) is 0 Å². The molecule has 0 spiro atoms.